The van der Waals surface area contributed by atoms with Gasteiger partial charge in [0.2, 0.25) is 0 Å². The van der Waals surface area contributed by atoms with E-state index in [-0.39, 0.29) is 11.6 Å². The van der Waals surface area contributed by atoms with Crippen LogP contribution in [0.2, 0.25) is 0 Å². The molecule has 3 rings (SSSR count). The van der Waals surface area contributed by atoms with E-state index in [9.17, 15) is 8.78 Å². The van der Waals surface area contributed by atoms with Crippen LogP contribution >= 0.6 is 0 Å². The molecule has 3 aromatic rings. The van der Waals surface area contributed by atoms with Gasteiger partial charge in [-0.2, -0.15) is 0 Å². The molecule has 0 aliphatic heterocycles. The van der Waals surface area contributed by atoms with Gasteiger partial charge in [0, 0.05) is 12.1 Å². The fourth-order valence-corrected chi connectivity index (χ4v) is 3.14. The molecular formula is C22H21F2NO. The minimum atomic E-state index is -0.290. The maximum absolute atomic E-state index is 14.1. The Morgan fingerprint density at radius 1 is 0.885 bits per heavy atom. The fraction of sp³-hybridized carbons (Fsp3) is 0.182. The summed E-state index contributed by atoms with van der Waals surface area (Å²) in [6.45, 7) is 4.20. The standard InChI is InChI=1S/C22H21F2NO/c1-14-6-4-9-20(24)21(14)25-13-18-11-17(10-15(2)22(18)26-3)16-7-5-8-19(23)12-16/h4-12,25H,13H2,1-3H3. The number of aryl methyl sites for hydroxylation is 2. The molecule has 0 unspecified atom stereocenters. The fourth-order valence-electron chi connectivity index (χ4n) is 3.14. The third-order valence-corrected chi connectivity index (χ3v) is 4.39. The monoisotopic (exact) mass is 353 g/mol. The molecule has 3 aromatic carbocycles. The van der Waals surface area contributed by atoms with E-state index in [1.807, 2.05) is 38.1 Å². The summed E-state index contributed by atoms with van der Waals surface area (Å²) in [6.07, 6.45) is 0. The third-order valence-electron chi connectivity index (χ3n) is 4.39. The van der Waals surface area contributed by atoms with Crippen molar-refractivity contribution in [1.29, 1.82) is 0 Å². The highest BCUT2D eigenvalue weighted by molar-refractivity contribution is 5.68. The lowest BCUT2D eigenvalue weighted by atomic mass is 9.98. The van der Waals surface area contributed by atoms with Gasteiger partial charge in [-0.15, -0.1) is 0 Å². The van der Waals surface area contributed by atoms with Crippen molar-refractivity contribution >= 4 is 5.69 Å². The Bertz CT molecular complexity index is 917. The molecule has 0 saturated heterocycles. The summed E-state index contributed by atoms with van der Waals surface area (Å²) >= 11 is 0. The maximum atomic E-state index is 14.1. The lowest BCUT2D eigenvalue weighted by molar-refractivity contribution is 0.407. The Hall–Kier alpha value is -2.88. The van der Waals surface area contributed by atoms with Gasteiger partial charge in [0.25, 0.3) is 0 Å². The minimum absolute atomic E-state index is 0.280. The quantitative estimate of drug-likeness (QED) is 0.619. The SMILES string of the molecule is COc1c(C)cc(-c2cccc(F)c2)cc1CNc1c(C)cccc1F. The number of benzene rings is 3. The first-order chi connectivity index (χ1) is 12.5. The molecule has 134 valence electrons. The number of hydrogen-bond acceptors (Lipinski definition) is 2. The highest BCUT2D eigenvalue weighted by Crippen LogP contribution is 2.32. The van der Waals surface area contributed by atoms with Crippen LogP contribution in [0, 0.1) is 25.5 Å². The second-order valence-corrected chi connectivity index (χ2v) is 6.28. The van der Waals surface area contributed by atoms with Gasteiger partial charge < -0.3 is 10.1 Å². The Morgan fingerprint density at radius 2 is 1.65 bits per heavy atom. The molecule has 0 bridgehead atoms. The molecule has 26 heavy (non-hydrogen) atoms. The summed E-state index contributed by atoms with van der Waals surface area (Å²) < 4.78 is 33.2. The molecule has 0 aliphatic rings. The summed E-state index contributed by atoms with van der Waals surface area (Å²) in [5, 5.41) is 3.16. The van der Waals surface area contributed by atoms with Crippen molar-refractivity contribution in [1.82, 2.24) is 0 Å². The molecular weight excluding hydrogens is 332 g/mol. The average Bonchev–Trinajstić information content (AvgIpc) is 2.61. The molecule has 0 atom stereocenters. The van der Waals surface area contributed by atoms with Crippen LogP contribution in [0.4, 0.5) is 14.5 Å². The first kappa shape index (κ1) is 17.9. The molecule has 0 saturated carbocycles. The molecule has 0 radical (unpaired) electrons. The van der Waals surface area contributed by atoms with Gasteiger partial charge in [0.1, 0.15) is 17.4 Å². The van der Waals surface area contributed by atoms with Crippen molar-refractivity contribution in [3.05, 3.63) is 82.9 Å². The highest BCUT2D eigenvalue weighted by atomic mass is 19.1. The van der Waals surface area contributed by atoms with E-state index in [0.29, 0.717) is 12.2 Å². The summed E-state index contributed by atoms with van der Waals surface area (Å²) in [5.41, 5.74) is 4.82. The van der Waals surface area contributed by atoms with E-state index >= 15 is 0 Å². The number of methoxy groups -OCH3 is 1. The number of anilines is 1. The average molecular weight is 353 g/mol. The van der Waals surface area contributed by atoms with Crippen molar-refractivity contribution < 1.29 is 13.5 Å². The molecule has 0 amide bonds. The Labute approximate surface area is 152 Å². The molecule has 2 nitrogen and oxygen atoms in total. The molecule has 0 heterocycles. The number of nitrogens with one attached hydrogen (secondary N) is 1. The predicted octanol–water partition coefficient (Wildman–Crippen LogP) is 5.87. The second kappa shape index (κ2) is 7.56. The summed E-state index contributed by atoms with van der Waals surface area (Å²) in [7, 11) is 1.61. The van der Waals surface area contributed by atoms with Crippen LogP contribution in [0.3, 0.4) is 0 Å². The zero-order valence-corrected chi connectivity index (χ0v) is 15.1. The first-order valence-corrected chi connectivity index (χ1v) is 8.42. The normalized spacial score (nSPS) is 10.7. The Balaban J connectivity index is 1.97. The summed E-state index contributed by atoms with van der Waals surface area (Å²) in [5.74, 6) is 0.172. The molecule has 4 heteroatoms. The van der Waals surface area contributed by atoms with Gasteiger partial charge in [0.15, 0.2) is 0 Å². The topological polar surface area (TPSA) is 21.3 Å². The van der Waals surface area contributed by atoms with E-state index in [2.05, 4.69) is 5.32 Å². The van der Waals surface area contributed by atoms with E-state index in [4.69, 9.17) is 4.74 Å². The lowest BCUT2D eigenvalue weighted by Gasteiger charge is -2.16. The van der Waals surface area contributed by atoms with Crippen LogP contribution in [-0.2, 0) is 6.54 Å². The van der Waals surface area contributed by atoms with Crippen molar-refractivity contribution in [2.24, 2.45) is 0 Å². The molecule has 0 aliphatic carbocycles. The van der Waals surface area contributed by atoms with Crippen molar-refractivity contribution in [2.75, 3.05) is 12.4 Å². The number of hydrogen-bond donors (Lipinski definition) is 1. The van der Waals surface area contributed by atoms with Gasteiger partial charge in [-0.25, -0.2) is 8.78 Å². The Kier molecular flexibility index (Phi) is 5.21. The van der Waals surface area contributed by atoms with E-state index in [0.717, 1.165) is 33.6 Å². The van der Waals surface area contributed by atoms with Crippen LogP contribution in [0.25, 0.3) is 11.1 Å². The van der Waals surface area contributed by atoms with E-state index < -0.39 is 0 Å². The van der Waals surface area contributed by atoms with Crippen LogP contribution in [0.1, 0.15) is 16.7 Å². The highest BCUT2D eigenvalue weighted by Gasteiger charge is 2.12. The summed E-state index contributed by atoms with van der Waals surface area (Å²) in [6, 6.07) is 15.4. The minimum Gasteiger partial charge on any atom is -0.496 e. The van der Waals surface area contributed by atoms with Gasteiger partial charge in [-0.3, -0.25) is 0 Å². The Morgan fingerprint density at radius 3 is 2.35 bits per heavy atom. The molecule has 1 N–H and O–H groups in total. The van der Waals surface area contributed by atoms with Gasteiger partial charge >= 0.3 is 0 Å². The van der Waals surface area contributed by atoms with Crippen molar-refractivity contribution in [3.8, 4) is 16.9 Å². The first-order valence-electron chi connectivity index (χ1n) is 8.42. The number of halogens is 2. The predicted molar refractivity (Wildman–Crippen MR) is 102 cm³/mol. The molecule has 0 aromatic heterocycles. The zero-order valence-electron chi connectivity index (χ0n) is 15.1. The van der Waals surface area contributed by atoms with Crippen LogP contribution in [0.5, 0.6) is 5.75 Å². The van der Waals surface area contributed by atoms with Crippen molar-refractivity contribution in [3.63, 3.8) is 0 Å². The number of ether oxygens (including phenoxy) is 1. The largest absolute Gasteiger partial charge is 0.496 e. The van der Waals surface area contributed by atoms with Crippen LogP contribution in [-0.4, -0.2) is 7.11 Å². The number of para-hydroxylation sites is 1. The molecule has 0 spiro atoms. The second-order valence-electron chi connectivity index (χ2n) is 6.28. The maximum Gasteiger partial charge on any atom is 0.146 e. The van der Waals surface area contributed by atoms with Gasteiger partial charge in [-0.1, -0.05) is 24.3 Å². The van der Waals surface area contributed by atoms with Gasteiger partial charge in [0.05, 0.1) is 12.8 Å². The molecule has 0 fully saturated rings. The van der Waals surface area contributed by atoms with Crippen LogP contribution < -0.4 is 10.1 Å². The van der Waals surface area contributed by atoms with E-state index in [1.165, 1.54) is 18.2 Å². The smallest absolute Gasteiger partial charge is 0.146 e. The van der Waals surface area contributed by atoms with E-state index in [1.54, 1.807) is 19.2 Å². The lowest BCUT2D eigenvalue weighted by Crippen LogP contribution is -2.06. The zero-order chi connectivity index (χ0) is 18.7. The third kappa shape index (κ3) is 3.69. The summed E-state index contributed by atoms with van der Waals surface area (Å²) in [4.78, 5) is 0. The van der Waals surface area contributed by atoms with Crippen LogP contribution in [0.15, 0.2) is 54.6 Å². The number of rotatable bonds is 5. The van der Waals surface area contributed by atoms with Crippen molar-refractivity contribution in [2.45, 2.75) is 20.4 Å². The van der Waals surface area contributed by atoms with Gasteiger partial charge in [-0.05, 0) is 66.4 Å².